The molecule has 1 amide bonds. The molecule has 0 aliphatic rings. The van der Waals surface area contributed by atoms with E-state index in [1.54, 1.807) is 10.6 Å². The van der Waals surface area contributed by atoms with E-state index in [4.69, 9.17) is 5.73 Å². The van der Waals surface area contributed by atoms with Gasteiger partial charge in [-0.05, 0) is 24.5 Å². The zero-order valence-electron chi connectivity index (χ0n) is 10.2. The maximum Gasteiger partial charge on any atom is 0.268 e. The second-order valence-electron chi connectivity index (χ2n) is 4.54. The van der Waals surface area contributed by atoms with Crippen molar-refractivity contribution >= 4 is 5.91 Å². The number of nitrogens with two attached hydrogens (primary N) is 1. The first-order valence-corrected chi connectivity index (χ1v) is 5.66. The quantitative estimate of drug-likeness (QED) is 0.786. The van der Waals surface area contributed by atoms with Crippen LogP contribution in [0.5, 0.6) is 0 Å². The highest BCUT2D eigenvalue weighted by atomic mass is 16.2. The maximum absolute atomic E-state index is 11.9. The topological polar surface area (TPSA) is 60.0 Å². The Labute approximate surface area is 96.8 Å². The van der Waals surface area contributed by atoms with Crippen molar-refractivity contribution in [2.24, 2.45) is 18.7 Å². The number of aromatic nitrogens is 1. The fourth-order valence-corrected chi connectivity index (χ4v) is 1.74. The molecule has 0 aromatic carbocycles. The molecule has 0 aliphatic heterocycles. The van der Waals surface area contributed by atoms with Gasteiger partial charge in [0.25, 0.3) is 5.91 Å². The van der Waals surface area contributed by atoms with Gasteiger partial charge in [-0.15, -0.1) is 0 Å². The number of carbonyl (C=O) groups is 1. The lowest BCUT2D eigenvalue weighted by molar-refractivity contribution is 0.0925. The van der Waals surface area contributed by atoms with Crippen LogP contribution in [0.2, 0.25) is 0 Å². The van der Waals surface area contributed by atoms with E-state index in [1.807, 2.05) is 19.3 Å². The summed E-state index contributed by atoms with van der Waals surface area (Å²) < 4.78 is 1.80. The lowest BCUT2D eigenvalue weighted by atomic mass is 10.0. The third-order valence-electron chi connectivity index (χ3n) is 2.55. The van der Waals surface area contributed by atoms with Gasteiger partial charge in [0.15, 0.2) is 0 Å². The second-order valence-corrected chi connectivity index (χ2v) is 4.54. The number of nitrogens with zero attached hydrogens (tertiary/aromatic N) is 1. The first-order valence-electron chi connectivity index (χ1n) is 5.66. The molecular weight excluding hydrogens is 202 g/mol. The molecule has 0 fully saturated rings. The third kappa shape index (κ3) is 3.38. The SMILES string of the molecule is CC(C)CC(CN)NC(=O)c1cccn1C. The van der Waals surface area contributed by atoms with Gasteiger partial charge in [-0.25, -0.2) is 0 Å². The average molecular weight is 223 g/mol. The monoisotopic (exact) mass is 223 g/mol. The Balaban J connectivity index is 2.59. The van der Waals surface area contributed by atoms with Gasteiger partial charge in [0.1, 0.15) is 5.69 Å². The van der Waals surface area contributed by atoms with Gasteiger partial charge >= 0.3 is 0 Å². The predicted octanol–water partition coefficient (Wildman–Crippen LogP) is 1.13. The number of nitrogens with one attached hydrogen (secondary N) is 1. The molecule has 0 aliphatic carbocycles. The normalized spacial score (nSPS) is 12.8. The van der Waals surface area contributed by atoms with Gasteiger partial charge in [0, 0.05) is 25.8 Å². The Morgan fingerprint density at radius 2 is 2.25 bits per heavy atom. The van der Waals surface area contributed by atoms with Crippen LogP contribution in [-0.4, -0.2) is 23.1 Å². The van der Waals surface area contributed by atoms with Gasteiger partial charge in [-0.3, -0.25) is 4.79 Å². The Kier molecular flexibility index (Phi) is 4.55. The molecule has 1 heterocycles. The molecule has 1 rings (SSSR count). The predicted molar refractivity (Wildman–Crippen MR) is 65.2 cm³/mol. The maximum atomic E-state index is 11.9. The van der Waals surface area contributed by atoms with Crippen LogP contribution in [0.15, 0.2) is 18.3 Å². The standard InChI is InChI=1S/C12H21N3O/c1-9(2)7-10(8-13)14-12(16)11-5-4-6-15(11)3/h4-6,9-10H,7-8,13H2,1-3H3,(H,14,16). The van der Waals surface area contributed by atoms with Gasteiger partial charge < -0.3 is 15.6 Å². The Bertz CT molecular complexity index is 344. The van der Waals surface area contributed by atoms with Crippen molar-refractivity contribution in [2.75, 3.05) is 6.54 Å². The minimum Gasteiger partial charge on any atom is -0.347 e. The molecule has 1 atom stereocenters. The Hall–Kier alpha value is -1.29. The van der Waals surface area contributed by atoms with Crippen LogP contribution >= 0.6 is 0 Å². The van der Waals surface area contributed by atoms with Crippen molar-refractivity contribution in [3.8, 4) is 0 Å². The van der Waals surface area contributed by atoms with E-state index in [0.29, 0.717) is 18.2 Å². The lowest BCUT2D eigenvalue weighted by Gasteiger charge is -2.18. The van der Waals surface area contributed by atoms with Crippen LogP contribution < -0.4 is 11.1 Å². The summed E-state index contributed by atoms with van der Waals surface area (Å²) in [5.41, 5.74) is 6.31. The molecule has 0 saturated heterocycles. The van der Waals surface area contributed by atoms with Crippen LogP contribution in [0, 0.1) is 5.92 Å². The zero-order valence-corrected chi connectivity index (χ0v) is 10.2. The number of carbonyl (C=O) groups excluding carboxylic acids is 1. The molecule has 16 heavy (non-hydrogen) atoms. The highest BCUT2D eigenvalue weighted by Gasteiger charge is 2.15. The fourth-order valence-electron chi connectivity index (χ4n) is 1.74. The highest BCUT2D eigenvalue weighted by Crippen LogP contribution is 2.05. The molecule has 3 N–H and O–H groups in total. The van der Waals surface area contributed by atoms with Crippen LogP contribution in [0.3, 0.4) is 0 Å². The van der Waals surface area contributed by atoms with Gasteiger partial charge in [-0.1, -0.05) is 13.8 Å². The number of aryl methyl sites for hydroxylation is 1. The van der Waals surface area contributed by atoms with E-state index in [9.17, 15) is 4.79 Å². The van der Waals surface area contributed by atoms with Gasteiger partial charge in [0.2, 0.25) is 0 Å². The Morgan fingerprint density at radius 3 is 2.69 bits per heavy atom. The zero-order chi connectivity index (χ0) is 12.1. The van der Waals surface area contributed by atoms with E-state index in [2.05, 4.69) is 19.2 Å². The van der Waals surface area contributed by atoms with Crippen molar-refractivity contribution in [3.05, 3.63) is 24.0 Å². The van der Waals surface area contributed by atoms with Crippen molar-refractivity contribution < 1.29 is 4.79 Å². The molecule has 0 bridgehead atoms. The molecule has 0 spiro atoms. The van der Waals surface area contributed by atoms with Crippen LogP contribution in [0.1, 0.15) is 30.8 Å². The minimum absolute atomic E-state index is 0.0522. The highest BCUT2D eigenvalue weighted by molar-refractivity contribution is 5.92. The summed E-state index contributed by atoms with van der Waals surface area (Å²) in [6, 6.07) is 3.72. The molecule has 0 radical (unpaired) electrons. The van der Waals surface area contributed by atoms with Gasteiger partial charge in [0.05, 0.1) is 0 Å². The summed E-state index contributed by atoms with van der Waals surface area (Å²) in [4.78, 5) is 11.9. The first kappa shape index (κ1) is 12.8. The Morgan fingerprint density at radius 1 is 1.56 bits per heavy atom. The summed E-state index contributed by atoms with van der Waals surface area (Å²) in [6.45, 7) is 4.73. The molecule has 0 saturated carbocycles. The van der Waals surface area contributed by atoms with E-state index >= 15 is 0 Å². The number of hydrogen-bond donors (Lipinski definition) is 2. The molecular formula is C12H21N3O. The van der Waals surface area contributed by atoms with E-state index < -0.39 is 0 Å². The third-order valence-corrected chi connectivity index (χ3v) is 2.55. The first-order chi connectivity index (χ1) is 7.54. The van der Waals surface area contributed by atoms with Crippen molar-refractivity contribution in [1.82, 2.24) is 9.88 Å². The summed E-state index contributed by atoms with van der Waals surface area (Å²) >= 11 is 0. The van der Waals surface area contributed by atoms with Crippen LogP contribution in [0.4, 0.5) is 0 Å². The summed E-state index contributed by atoms with van der Waals surface area (Å²) in [6.07, 6.45) is 2.77. The van der Waals surface area contributed by atoms with Crippen LogP contribution in [-0.2, 0) is 7.05 Å². The molecule has 1 aromatic heterocycles. The largest absolute Gasteiger partial charge is 0.347 e. The molecule has 90 valence electrons. The van der Waals surface area contributed by atoms with Crippen molar-refractivity contribution in [2.45, 2.75) is 26.3 Å². The smallest absolute Gasteiger partial charge is 0.268 e. The summed E-state index contributed by atoms with van der Waals surface area (Å²) in [5.74, 6) is 0.478. The molecule has 4 heteroatoms. The fraction of sp³-hybridized carbons (Fsp3) is 0.583. The van der Waals surface area contributed by atoms with Crippen molar-refractivity contribution in [3.63, 3.8) is 0 Å². The minimum atomic E-state index is -0.0522. The van der Waals surface area contributed by atoms with Crippen LogP contribution in [0.25, 0.3) is 0 Å². The molecule has 1 unspecified atom stereocenters. The molecule has 4 nitrogen and oxygen atoms in total. The van der Waals surface area contributed by atoms with Crippen molar-refractivity contribution in [1.29, 1.82) is 0 Å². The molecule has 1 aromatic rings. The van der Waals surface area contributed by atoms with E-state index in [0.717, 1.165) is 6.42 Å². The van der Waals surface area contributed by atoms with Gasteiger partial charge in [-0.2, -0.15) is 0 Å². The summed E-state index contributed by atoms with van der Waals surface area (Å²) in [7, 11) is 1.86. The number of hydrogen-bond acceptors (Lipinski definition) is 2. The van der Waals surface area contributed by atoms with E-state index in [-0.39, 0.29) is 11.9 Å². The average Bonchev–Trinajstić information content (AvgIpc) is 2.62. The second kappa shape index (κ2) is 5.70. The number of amides is 1. The summed E-state index contributed by atoms with van der Waals surface area (Å²) in [5, 5.41) is 2.96. The van der Waals surface area contributed by atoms with E-state index in [1.165, 1.54) is 0 Å². The number of rotatable bonds is 5. The lowest BCUT2D eigenvalue weighted by Crippen LogP contribution is -2.41.